The Hall–Kier alpha value is -2.42. The van der Waals surface area contributed by atoms with Crippen molar-refractivity contribution in [2.75, 3.05) is 11.9 Å². The highest BCUT2D eigenvalue weighted by molar-refractivity contribution is 7.15. The predicted molar refractivity (Wildman–Crippen MR) is 73.0 cm³/mol. The Morgan fingerprint density at radius 1 is 1.55 bits per heavy atom. The highest BCUT2D eigenvalue weighted by Gasteiger charge is 2.11. The topological polar surface area (TPSA) is 97.2 Å². The van der Waals surface area contributed by atoms with Crippen LogP contribution in [0.3, 0.4) is 0 Å². The molecule has 0 unspecified atom stereocenters. The summed E-state index contributed by atoms with van der Waals surface area (Å²) in [4.78, 5) is 21.0. The largest absolute Gasteiger partial charge is 0.463 e. The highest BCUT2D eigenvalue weighted by atomic mass is 32.1. The molecule has 3 rings (SSSR count). The van der Waals surface area contributed by atoms with Gasteiger partial charge in [-0.3, -0.25) is 14.5 Å². The monoisotopic (exact) mass is 292 g/mol. The first-order valence-corrected chi connectivity index (χ1v) is 6.88. The molecule has 3 aromatic rings. The number of H-pyrrole nitrogens is 1. The van der Waals surface area contributed by atoms with Crippen LogP contribution in [-0.4, -0.2) is 37.1 Å². The molecule has 0 aliphatic rings. The van der Waals surface area contributed by atoms with Crippen LogP contribution in [0.1, 0.15) is 12.6 Å². The summed E-state index contributed by atoms with van der Waals surface area (Å²) in [6, 6.07) is 0.213. The maximum Gasteiger partial charge on any atom is 0.337 e. The number of aromatic amines is 1. The van der Waals surface area contributed by atoms with Crippen LogP contribution in [0.5, 0.6) is 6.01 Å². The SMILES string of the molecule is CCOc1n[nH]c(NC(=O)Cc2cn3ccsc3n2)n1. The van der Waals surface area contributed by atoms with Gasteiger partial charge >= 0.3 is 6.01 Å². The lowest BCUT2D eigenvalue weighted by Crippen LogP contribution is -2.15. The standard InChI is InChI=1S/C11H12N6O2S/c1-2-19-10-14-9(15-16-10)13-8(18)5-7-6-17-3-4-20-11(17)12-7/h3-4,6H,2,5H2,1H3,(H2,13,14,15,16,18). The van der Waals surface area contributed by atoms with Crippen LogP contribution in [0.15, 0.2) is 17.8 Å². The molecule has 0 fully saturated rings. The molecule has 9 heteroatoms. The van der Waals surface area contributed by atoms with E-state index in [-0.39, 0.29) is 24.3 Å². The maximum absolute atomic E-state index is 11.9. The third-order valence-corrected chi connectivity index (χ3v) is 3.25. The lowest BCUT2D eigenvalue weighted by atomic mass is 10.3. The molecule has 3 heterocycles. The van der Waals surface area contributed by atoms with Gasteiger partial charge < -0.3 is 4.74 Å². The number of carbonyl (C=O) groups excluding carboxylic acids is 1. The van der Waals surface area contributed by atoms with Gasteiger partial charge in [-0.05, 0) is 6.92 Å². The molecule has 0 aromatic carbocycles. The second-order valence-corrected chi connectivity index (χ2v) is 4.82. The fourth-order valence-electron chi connectivity index (χ4n) is 1.70. The number of fused-ring (bicyclic) bond motifs is 1. The predicted octanol–water partition coefficient (Wildman–Crippen LogP) is 1.09. The van der Waals surface area contributed by atoms with E-state index in [0.29, 0.717) is 12.3 Å². The Morgan fingerprint density at radius 2 is 2.45 bits per heavy atom. The van der Waals surface area contributed by atoms with Crippen molar-refractivity contribution in [1.82, 2.24) is 24.6 Å². The van der Waals surface area contributed by atoms with Crippen LogP contribution in [0.2, 0.25) is 0 Å². The summed E-state index contributed by atoms with van der Waals surface area (Å²) in [5.74, 6) is 0.0504. The first-order chi connectivity index (χ1) is 9.74. The third kappa shape index (κ3) is 2.62. The van der Waals surface area contributed by atoms with E-state index >= 15 is 0 Å². The van der Waals surface area contributed by atoms with E-state index in [0.717, 1.165) is 4.96 Å². The van der Waals surface area contributed by atoms with Crippen LogP contribution >= 0.6 is 11.3 Å². The molecule has 3 aromatic heterocycles. The number of amides is 1. The van der Waals surface area contributed by atoms with Crippen molar-refractivity contribution in [3.05, 3.63) is 23.5 Å². The van der Waals surface area contributed by atoms with Gasteiger partial charge in [0.1, 0.15) is 0 Å². The number of hydrogen-bond donors (Lipinski definition) is 2. The lowest BCUT2D eigenvalue weighted by molar-refractivity contribution is -0.115. The molecule has 104 valence electrons. The Bertz CT molecular complexity index is 702. The molecule has 0 aliphatic heterocycles. The zero-order valence-electron chi connectivity index (χ0n) is 10.7. The van der Waals surface area contributed by atoms with Gasteiger partial charge in [0.15, 0.2) is 4.96 Å². The van der Waals surface area contributed by atoms with E-state index in [2.05, 4.69) is 25.5 Å². The molecule has 8 nitrogen and oxygen atoms in total. The fraction of sp³-hybridized carbons (Fsp3) is 0.273. The van der Waals surface area contributed by atoms with Crippen molar-refractivity contribution in [3.63, 3.8) is 0 Å². The molecule has 1 amide bonds. The van der Waals surface area contributed by atoms with Crippen LogP contribution in [0, 0.1) is 0 Å². The van der Waals surface area contributed by atoms with Gasteiger partial charge in [0.05, 0.1) is 18.7 Å². The summed E-state index contributed by atoms with van der Waals surface area (Å²) in [7, 11) is 0. The van der Waals surface area contributed by atoms with Gasteiger partial charge in [0.2, 0.25) is 11.9 Å². The van der Waals surface area contributed by atoms with Crippen molar-refractivity contribution >= 4 is 28.2 Å². The van der Waals surface area contributed by atoms with E-state index in [1.807, 2.05) is 29.1 Å². The van der Waals surface area contributed by atoms with Gasteiger partial charge in [-0.2, -0.15) is 4.98 Å². The number of aromatic nitrogens is 5. The van der Waals surface area contributed by atoms with Gasteiger partial charge in [0.25, 0.3) is 0 Å². The van der Waals surface area contributed by atoms with Crippen LogP contribution < -0.4 is 10.1 Å². The molecule has 0 radical (unpaired) electrons. The normalized spacial score (nSPS) is 10.8. The van der Waals surface area contributed by atoms with Crippen molar-refractivity contribution in [2.45, 2.75) is 13.3 Å². The number of nitrogens with one attached hydrogen (secondary N) is 2. The van der Waals surface area contributed by atoms with Gasteiger partial charge in [-0.15, -0.1) is 16.4 Å². The zero-order chi connectivity index (χ0) is 13.9. The maximum atomic E-state index is 11.9. The number of thiazole rings is 1. The number of ether oxygens (including phenoxy) is 1. The highest BCUT2D eigenvalue weighted by Crippen LogP contribution is 2.12. The van der Waals surface area contributed by atoms with Gasteiger partial charge in [0, 0.05) is 17.8 Å². The summed E-state index contributed by atoms with van der Waals surface area (Å²) < 4.78 is 6.98. The minimum Gasteiger partial charge on any atom is -0.463 e. The molecule has 0 spiro atoms. The van der Waals surface area contributed by atoms with E-state index < -0.39 is 0 Å². The molecule has 0 saturated carbocycles. The summed E-state index contributed by atoms with van der Waals surface area (Å²) >= 11 is 1.52. The Morgan fingerprint density at radius 3 is 3.25 bits per heavy atom. The molecular weight excluding hydrogens is 280 g/mol. The Balaban J connectivity index is 1.62. The molecule has 2 N–H and O–H groups in total. The number of anilines is 1. The Labute approximate surface area is 117 Å². The number of rotatable bonds is 5. The summed E-state index contributed by atoms with van der Waals surface area (Å²) in [5.41, 5.74) is 0.707. The Kier molecular flexibility index (Phi) is 3.33. The van der Waals surface area contributed by atoms with E-state index in [1.54, 1.807) is 0 Å². The quantitative estimate of drug-likeness (QED) is 0.733. The summed E-state index contributed by atoms with van der Waals surface area (Å²) in [5, 5.41) is 10.9. The average molecular weight is 292 g/mol. The van der Waals surface area contributed by atoms with Crippen molar-refractivity contribution < 1.29 is 9.53 Å². The first-order valence-electron chi connectivity index (χ1n) is 6.00. The van der Waals surface area contributed by atoms with Gasteiger partial charge in [-0.25, -0.2) is 10.1 Å². The molecule has 0 saturated heterocycles. The summed E-state index contributed by atoms with van der Waals surface area (Å²) in [6.45, 7) is 2.30. The first kappa shape index (κ1) is 12.6. The van der Waals surface area contributed by atoms with Crippen LogP contribution in [-0.2, 0) is 11.2 Å². The van der Waals surface area contributed by atoms with Crippen LogP contribution in [0.4, 0.5) is 5.95 Å². The van der Waals surface area contributed by atoms with Crippen molar-refractivity contribution in [3.8, 4) is 6.01 Å². The summed E-state index contributed by atoms with van der Waals surface area (Å²) in [6.07, 6.45) is 3.91. The molecular formula is C11H12N6O2S. The van der Waals surface area contributed by atoms with Crippen LogP contribution in [0.25, 0.3) is 4.96 Å². The van der Waals surface area contributed by atoms with E-state index in [4.69, 9.17) is 4.74 Å². The molecule has 0 atom stereocenters. The molecule has 20 heavy (non-hydrogen) atoms. The minimum atomic E-state index is -0.213. The van der Waals surface area contributed by atoms with E-state index in [9.17, 15) is 4.79 Å². The zero-order valence-corrected chi connectivity index (χ0v) is 11.5. The smallest absolute Gasteiger partial charge is 0.337 e. The third-order valence-electron chi connectivity index (χ3n) is 2.48. The van der Waals surface area contributed by atoms with Crippen molar-refractivity contribution in [1.29, 1.82) is 0 Å². The number of hydrogen-bond acceptors (Lipinski definition) is 6. The number of nitrogens with zero attached hydrogens (tertiary/aromatic N) is 4. The minimum absolute atomic E-state index is 0.180. The molecule has 0 aliphatic carbocycles. The molecule has 0 bridgehead atoms. The lowest BCUT2D eigenvalue weighted by Gasteiger charge is -1.98. The van der Waals surface area contributed by atoms with Gasteiger partial charge in [-0.1, -0.05) is 0 Å². The van der Waals surface area contributed by atoms with Crippen molar-refractivity contribution in [2.24, 2.45) is 0 Å². The second-order valence-electron chi connectivity index (χ2n) is 3.95. The number of imidazole rings is 1. The average Bonchev–Trinajstić information content (AvgIpc) is 3.05. The fourth-order valence-corrected chi connectivity index (χ4v) is 2.42. The number of carbonyl (C=O) groups is 1. The van der Waals surface area contributed by atoms with E-state index in [1.165, 1.54) is 11.3 Å². The second kappa shape index (κ2) is 5.29.